The number of rotatable bonds is 4. The normalized spacial score (nSPS) is 25.5. The van der Waals surface area contributed by atoms with Crippen LogP contribution in [0.1, 0.15) is 29.0 Å². The molecule has 2 fully saturated rings. The fourth-order valence-electron chi connectivity index (χ4n) is 4.13. The maximum Gasteiger partial charge on any atom is 0.270 e. The molecule has 2 aromatic heterocycles. The first kappa shape index (κ1) is 17.2. The number of aromatic nitrogens is 2. The molecule has 1 amide bonds. The number of hydrogen-bond donors (Lipinski definition) is 0. The van der Waals surface area contributed by atoms with Crippen molar-refractivity contribution in [3.8, 4) is 0 Å². The molecule has 4 heterocycles. The Morgan fingerprint density at radius 3 is 3.00 bits per heavy atom. The number of carbonyl (C=O) groups is 1. The van der Waals surface area contributed by atoms with Crippen LogP contribution >= 0.6 is 0 Å². The molecule has 4 rings (SSSR count). The number of likely N-dealkylation sites (N-methyl/N-ethyl adjacent to an activating group) is 1. The third kappa shape index (κ3) is 3.27. The number of aryl methyl sites for hydroxylation is 1. The Kier molecular flexibility index (Phi) is 4.54. The second-order valence-electron chi connectivity index (χ2n) is 7.57. The van der Waals surface area contributed by atoms with Gasteiger partial charge in [-0.3, -0.25) is 14.7 Å². The van der Waals surface area contributed by atoms with Crippen LogP contribution in [0.3, 0.4) is 0 Å². The lowest BCUT2D eigenvalue weighted by atomic mass is 9.96. The first-order valence-electron chi connectivity index (χ1n) is 9.21. The molecule has 138 valence electrons. The van der Waals surface area contributed by atoms with Crippen molar-refractivity contribution in [2.45, 2.75) is 31.0 Å². The monoisotopic (exact) mass is 354 g/mol. The van der Waals surface area contributed by atoms with E-state index in [0.717, 1.165) is 43.9 Å². The molecule has 2 aliphatic rings. The summed E-state index contributed by atoms with van der Waals surface area (Å²) in [6.07, 6.45) is 5.62. The standard InChI is InChI=1S/C20H26N4O2/c1-22-10-5-7-18(22)19(25)24-11-8-20(15-24)12-17(14-26-20)23(2)13-16-6-3-4-9-21-16/h3-7,9-10,17H,8,11-15H2,1-2H3/t17-,20-/m0/s1. The third-order valence-electron chi connectivity index (χ3n) is 5.72. The highest BCUT2D eigenvalue weighted by atomic mass is 16.5. The zero-order valence-corrected chi connectivity index (χ0v) is 15.5. The molecule has 2 aromatic rings. The fraction of sp³-hybridized carbons (Fsp3) is 0.500. The molecular formula is C20H26N4O2. The van der Waals surface area contributed by atoms with Crippen molar-refractivity contribution in [1.29, 1.82) is 0 Å². The summed E-state index contributed by atoms with van der Waals surface area (Å²) in [7, 11) is 4.04. The highest BCUT2D eigenvalue weighted by Gasteiger charge is 2.47. The Morgan fingerprint density at radius 2 is 2.27 bits per heavy atom. The van der Waals surface area contributed by atoms with Crippen molar-refractivity contribution >= 4 is 5.91 Å². The van der Waals surface area contributed by atoms with Gasteiger partial charge in [-0.1, -0.05) is 6.07 Å². The maximum absolute atomic E-state index is 12.8. The Hall–Kier alpha value is -2.18. The predicted molar refractivity (Wildman–Crippen MR) is 98.7 cm³/mol. The number of nitrogens with zero attached hydrogens (tertiary/aromatic N) is 4. The van der Waals surface area contributed by atoms with Gasteiger partial charge in [0.25, 0.3) is 5.91 Å². The van der Waals surface area contributed by atoms with Crippen molar-refractivity contribution in [3.05, 3.63) is 54.1 Å². The molecule has 0 bridgehead atoms. The van der Waals surface area contributed by atoms with Crippen molar-refractivity contribution in [1.82, 2.24) is 19.4 Å². The maximum atomic E-state index is 12.8. The van der Waals surface area contributed by atoms with Gasteiger partial charge in [0, 0.05) is 38.6 Å². The smallest absolute Gasteiger partial charge is 0.270 e. The summed E-state index contributed by atoms with van der Waals surface area (Å²) in [5.41, 5.74) is 1.62. The molecule has 6 nitrogen and oxygen atoms in total. The largest absolute Gasteiger partial charge is 0.371 e. The van der Waals surface area contributed by atoms with Gasteiger partial charge in [0.1, 0.15) is 5.69 Å². The van der Waals surface area contributed by atoms with Gasteiger partial charge in [-0.05, 0) is 44.2 Å². The second-order valence-corrected chi connectivity index (χ2v) is 7.57. The number of pyridine rings is 1. The average Bonchev–Trinajstić information content (AvgIpc) is 3.37. The Balaban J connectivity index is 1.37. The molecule has 0 radical (unpaired) electrons. The van der Waals surface area contributed by atoms with Crippen molar-refractivity contribution in [2.75, 3.05) is 26.7 Å². The minimum Gasteiger partial charge on any atom is -0.371 e. The van der Waals surface area contributed by atoms with Crippen LogP contribution in [0.2, 0.25) is 0 Å². The van der Waals surface area contributed by atoms with E-state index < -0.39 is 0 Å². The molecule has 2 atom stereocenters. The molecule has 0 saturated carbocycles. The van der Waals surface area contributed by atoms with Crippen LogP contribution < -0.4 is 0 Å². The van der Waals surface area contributed by atoms with E-state index in [0.29, 0.717) is 12.6 Å². The Morgan fingerprint density at radius 1 is 1.38 bits per heavy atom. The third-order valence-corrected chi connectivity index (χ3v) is 5.72. The zero-order chi connectivity index (χ0) is 18.1. The number of likely N-dealkylation sites (tertiary alicyclic amines) is 1. The molecule has 2 saturated heterocycles. The van der Waals surface area contributed by atoms with Gasteiger partial charge in [-0.25, -0.2) is 0 Å². The lowest BCUT2D eigenvalue weighted by molar-refractivity contribution is 0.0107. The number of hydrogen-bond acceptors (Lipinski definition) is 4. The fourth-order valence-corrected chi connectivity index (χ4v) is 4.13. The van der Waals surface area contributed by atoms with Crippen LogP contribution in [-0.4, -0.2) is 63.6 Å². The molecule has 1 spiro atoms. The van der Waals surface area contributed by atoms with Crippen LogP contribution in [0.5, 0.6) is 0 Å². The summed E-state index contributed by atoms with van der Waals surface area (Å²) in [5.74, 6) is 0.100. The first-order chi connectivity index (χ1) is 12.6. The quantitative estimate of drug-likeness (QED) is 0.842. The molecule has 0 aromatic carbocycles. The average molecular weight is 354 g/mol. The van der Waals surface area contributed by atoms with Crippen molar-refractivity contribution in [3.63, 3.8) is 0 Å². The molecule has 0 aliphatic carbocycles. The van der Waals surface area contributed by atoms with Crippen molar-refractivity contribution < 1.29 is 9.53 Å². The summed E-state index contributed by atoms with van der Waals surface area (Å²) in [4.78, 5) is 21.4. The molecule has 0 N–H and O–H groups in total. The Labute approximate surface area is 154 Å². The second kappa shape index (κ2) is 6.85. The van der Waals surface area contributed by atoms with E-state index in [1.807, 2.05) is 53.2 Å². The van der Waals surface area contributed by atoms with Crippen LogP contribution in [0.25, 0.3) is 0 Å². The van der Waals surface area contributed by atoms with Crippen LogP contribution in [0.4, 0.5) is 0 Å². The van der Waals surface area contributed by atoms with Crippen LogP contribution in [-0.2, 0) is 18.3 Å². The van der Waals surface area contributed by atoms with Crippen LogP contribution in [0.15, 0.2) is 42.7 Å². The van der Waals surface area contributed by atoms with E-state index in [-0.39, 0.29) is 11.5 Å². The van der Waals surface area contributed by atoms with Gasteiger partial charge in [0.05, 0.1) is 24.4 Å². The molecule has 0 unspecified atom stereocenters. The lowest BCUT2D eigenvalue weighted by Gasteiger charge is -2.26. The van der Waals surface area contributed by atoms with E-state index in [1.165, 1.54) is 0 Å². The molecule has 2 aliphatic heterocycles. The lowest BCUT2D eigenvalue weighted by Crippen LogP contribution is -2.38. The van der Waals surface area contributed by atoms with E-state index >= 15 is 0 Å². The summed E-state index contributed by atoms with van der Waals surface area (Å²) < 4.78 is 8.12. The predicted octanol–water partition coefficient (Wildman–Crippen LogP) is 1.93. The number of amides is 1. The highest BCUT2D eigenvalue weighted by molar-refractivity contribution is 5.93. The van der Waals surface area contributed by atoms with E-state index in [2.05, 4.69) is 23.0 Å². The van der Waals surface area contributed by atoms with Gasteiger partial charge >= 0.3 is 0 Å². The number of ether oxygens (including phenoxy) is 1. The van der Waals surface area contributed by atoms with E-state index in [1.54, 1.807) is 0 Å². The van der Waals surface area contributed by atoms with Gasteiger partial charge in [-0.15, -0.1) is 0 Å². The van der Waals surface area contributed by atoms with Crippen molar-refractivity contribution in [2.24, 2.45) is 7.05 Å². The minimum atomic E-state index is -0.191. The summed E-state index contributed by atoms with van der Waals surface area (Å²) in [5, 5.41) is 0. The van der Waals surface area contributed by atoms with Crippen LogP contribution in [0, 0.1) is 0 Å². The number of carbonyl (C=O) groups excluding carboxylic acids is 1. The van der Waals surface area contributed by atoms with Gasteiger partial charge in [-0.2, -0.15) is 0 Å². The van der Waals surface area contributed by atoms with E-state index in [9.17, 15) is 4.79 Å². The molecular weight excluding hydrogens is 328 g/mol. The molecule has 6 heteroatoms. The van der Waals surface area contributed by atoms with E-state index in [4.69, 9.17) is 4.74 Å². The van der Waals surface area contributed by atoms with Gasteiger partial charge < -0.3 is 14.2 Å². The summed E-state index contributed by atoms with van der Waals surface area (Å²) >= 11 is 0. The summed E-state index contributed by atoms with van der Waals surface area (Å²) in [6, 6.07) is 10.2. The summed E-state index contributed by atoms with van der Waals surface area (Å²) in [6.45, 7) is 2.98. The SMILES string of the molecule is CN(Cc1ccccn1)[C@@H]1CO[C@@]2(CCN(C(=O)c3cccn3C)C2)C1. The van der Waals surface area contributed by atoms with Gasteiger partial charge in [0.15, 0.2) is 0 Å². The molecule has 26 heavy (non-hydrogen) atoms. The first-order valence-corrected chi connectivity index (χ1v) is 9.21. The van der Waals surface area contributed by atoms with Gasteiger partial charge in [0.2, 0.25) is 0 Å². The topological polar surface area (TPSA) is 50.6 Å². The highest BCUT2D eigenvalue weighted by Crippen LogP contribution is 2.37. The Bertz CT molecular complexity index is 775. The zero-order valence-electron chi connectivity index (χ0n) is 15.5. The minimum absolute atomic E-state index is 0.100.